The maximum Gasteiger partial charge on any atom is 0.0277 e. The summed E-state index contributed by atoms with van der Waals surface area (Å²) in [7, 11) is 0. The third-order valence-corrected chi connectivity index (χ3v) is 4.63. The molecule has 0 spiro atoms. The van der Waals surface area contributed by atoms with Gasteiger partial charge in [0.25, 0.3) is 0 Å². The fourth-order valence-electron chi connectivity index (χ4n) is 1.60. The fraction of sp³-hybridized carbons (Fsp3) is 0.143. The average Bonchev–Trinajstić information content (AvgIpc) is 2.34. The number of hydrogen-bond acceptors (Lipinski definition) is 2. The molecule has 0 saturated heterocycles. The van der Waals surface area contributed by atoms with Crippen LogP contribution in [-0.2, 0) is 0 Å². The van der Waals surface area contributed by atoms with Crippen molar-refractivity contribution in [3.8, 4) is 0 Å². The zero-order chi connectivity index (χ0) is 13.1. The zero-order valence-corrected chi connectivity index (χ0v) is 13.8. The summed E-state index contributed by atoms with van der Waals surface area (Å²) in [6.07, 6.45) is 0. The summed E-state index contributed by atoms with van der Waals surface area (Å²) >= 11 is 8.67. The van der Waals surface area contributed by atoms with Crippen LogP contribution in [0.1, 0.15) is 18.5 Å². The van der Waals surface area contributed by atoms with Crippen molar-refractivity contribution in [1.82, 2.24) is 0 Å². The predicted octanol–water partition coefficient (Wildman–Crippen LogP) is 5.38. The summed E-state index contributed by atoms with van der Waals surface area (Å²) in [6.45, 7) is 2.01. The van der Waals surface area contributed by atoms with Gasteiger partial charge in [0.05, 0.1) is 0 Å². The number of hydrogen-bond donors (Lipinski definition) is 1. The Kier molecular flexibility index (Phi) is 4.90. The van der Waals surface area contributed by atoms with E-state index in [9.17, 15) is 0 Å². The van der Waals surface area contributed by atoms with E-state index in [2.05, 4.69) is 56.1 Å². The lowest BCUT2D eigenvalue weighted by molar-refractivity contribution is 0.796. The molecule has 0 amide bonds. The minimum atomic E-state index is 0.0282. The van der Waals surface area contributed by atoms with Gasteiger partial charge in [-0.1, -0.05) is 43.6 Å². The Hall–Kier alpha value is -0.290. The Balaban J connectivity index is 2.31. The quantitative estimate of drug-likeness (QED) is 0.765. The fourth-order valence-corrected chi connectivity index (χ4v) is 3.27. The van der Waals surface area contributed by atoms with Gasteiger partial charge in [-0.15, -0.1) is 0 Å². The summed E-state index contributed by atoms with van der Waals surface area (Å²) in [5, 5.41) is 0. The second-order valence-electron chi connectivity index (χ2n) is 4.03. The molecule has 1 nitrogen and oxygen atoms in total. The van der Waals surface area contributed by atoms with E-state index in [0.717, 1.165) is 14.5 Å². The van der Waals surface area contributed by atoms with Gasteiger partial charge in [0.15, 0.2) is 0 Å². The van der Waals surface area contributed by atoms with Crippen molar-refractivity contribution in [1.29, 1.82) is 0 Å². The first-order chi connectivity index (χ1) is 8.56. The van der Waals surface area contributed by atoms with Crippen molar-refractivity contribution in [2.45, 2.75) is 22.8 Å². The molecular weight excluding hydrogens is 374 g/mol. The molecule has 18 heavy (non-hydrogen) atoms. The van der Waals surface area contributed by atoms with Crippen molar-refractivity contribution >= 4 is 43.6 Å². The van der Waals surface area contributed by atoms with Gasteiger partial charge in [0.2, 0.25) is 0 Å². The van der Waals surface area contributed by atoms with Gasteiger partial charge in [-0.25, -0.2) is 0 Å². The largest absolute Gasteiger partial charge is 0.324 e. The first-order valence-corrected chi connectivity index (χ1v) is 7.95. The van der Waals surface area contributed by atoms with E-state index < -0.39 is 0 Å². The molecule has 2 aromatic rings. The summed E-state index contributed by atoms with van der Waals surface area (Å²) in [5.41, 5.74) is 7.18. The van der Waals surface area contributed by atoms with Gasteiger partial charge >= 0.3 is 0 Å². The van der Waals surface area contributed by atoms with Gasteiger partial charge in [0.1, 0.15) is 0 Å². The van der Waals surface area contributed by atoms with Crippen molar-refractivity contribution in [3.63, 3.8) is 0 Å². The van der Waals surface area contributed by atoms with Crippen LogP contribution >= 0.6 is 43.6 Å². The van der Waals surface area contributed by atoms with Gasteiger partial charge in [-0.3, -0.25) is 0 Å². The molecule has 0 aliphatic carbocycles. The van der Waals surface area contributed by atoms with Crippen molar-refractivity contribution in [2.75, 3.05) is 0 Å². The first-order valence-electron chi connectivity index (χ1n) is 5.54. The molecule has 2 N–H and O–H groups in total. The smallest absolute Gasteiger partial charge is 0.0277 e. The second-order valence-corrected chi connectivity index (χ2v) is 6.97. The molecule has 4 heteroatoms. The van der Waals surface area contributed by atoms with Crippen LogP contribution in [0.2, 0.25) is 0 Å². The zero-order valence-electron chi connectivity index (χ0n) is 9.86. The molecule has 1 unspecified atom stereocenters. The summed E-state index contributed by atoms with van der Waals surface area (Å²) in [5.74, 6) is 0. The molecule has 0 aliphatic heterocycles. The average molecular weight is 387 g/mol. The normalized spacial score (nSPS) is 12.4. The van der Waals surface area contributed by atoms with E-state index >= 15 is 0 Å². The van der Waals surface area contributed by atoms with E-state index in [4.69, 9.17) is 5.73 Å². The third kappa shape index (κ3) is 3.60. The van der Waals surface area contributed by atoms with E-state index in [-0.39, 0.29) is 6.04 Å². The monoisotopic (exact) mass is 385 g/mol. The van der Waals surface area contributed by atoms with Crippen molar-refractivity contribution < 1.29 is 0 Å². The van der Waals surface area contributed by atoms with E-state index in [1.165, 1.54) is 9.79 Å². The van der Waals surface area contributed by atoms with Crippen LogP contribution in [0.3, 0.4) is 0 Å². The van der Waals surface area contributed by atoms with Crippen LogP contribution < -0.4 is 5.73 Å². The number of nitrogens with two attached hydrogens (primary N) is 1. The Morgan fingerprint density at radius 2 is 1.61 bits per heavy atom. The van der Waals surface area contributed by atoms with Crippen LogP contribution in [0.25, 0.3) is 0 Å². The highest BCUT2D eigenvalue weighted by Crippen LogP contribution is 2.34. The van der Waals surface area contributed by atoms with Crippen LogP contribution in [-0.4, -0.2) is 0 Å². The molecule has 0 saturated carbocycles. The maximum atomic E-state index is 6.02. The minimum Gasteiger partial charge on any atom is -0.324 e. The molecule has 0 heterocycles. The van der Waals surface area contributed by atoms with Crippen LogP contribution in [0, 0.1) is 0 Å². The first kappa shape index (κ1) is 14.1. The molecule has 0 aromatic heterocycles. The summed E-state index contributed by atoms with van der Waals surface area (Å²) in [4.78, 5) is 2.41. The number of benzene rings is 2. The highest BCUT2D eigenvalue weighted by Gasteiger charge is 2.09. The number of halogens is 2. The molecule has 0 fully saturated rings. The van der Waals surface area contributed by atoms with Gasteiger partial charge in [-0.05, 0) is 55.0 Å². The molecule has 0 radical (unpaired) electrons. The Morgan fingerprint density at radius 3 is 2.22 bits per heavy atom. The Labute approximate surface area is 128 Å². The van der Waals surface area contributed by atoms with Crippen LogP contribution in [0.5, 0.6) is 0 Å². The molecule has 2 aromatic carbocycles. The molecule has 2 rings (SSSR count). The third-order valence-electron chi connectivity index (χ3n) is 2.50. The van der Waals surface area contributed by atoms with E-state index in [1.54, 1.807) is 11.8 Å². The topological polar surface area (TPSA) is 26.0 Å². The van der Waals surface area contributed by atoms with E-state index in [1.807, 2.05) is 25.1 Å². The van der Waals surface area contributed by atoms with Crippen LogP contribution in [0.4, 0.5) is 0 Å². The summed E-state index contributed by atoms with van der Waals surface area (Å²) in [6, 6.07) is 14.6. The molecule has 94 valence electrons. The van der Waals surface area contributed by atoms with Crippen molar-refractivity contribution in [3.05, 3.63) is 57.0 Å². The summed E-state index contributed by atoms with van der Waals surface area (Å²) < 4.78 is 2.16. The Bertz CT molecular complexity index is 538. The van der Waals surface area contributed by atoms with Gasteiger partial charge in [0, 0.05) is 24.8 Å². The minimum absolute atomic E-state index is 0.0282. The second kappa shape index (κ2) is 6.24. The molecular formula is C14H13Br2NS. The number of rotatable bonds is 3. The standard InChI is InChI=1S/C14H13Br2NS/c1-9(17)13-8-11(16)4-7-14(13)18-12-5-2-10(15)3-6-12/h2-9H,17H2,1H3. The Morgan fingerprint density at radius 1 is 1.00 bits per heavy atom. The lowest BCUT2D eigenvalue weighted by Crippen LogP contribution is -2.06. The molecule has 0 bridgehead atoms. The van der Waals surface area contributed by atoms with E-state index in [0.29, 0.717) is 0 Å². The van der Waals surface area contributed by atoms with Gasteiger partial charge in [-0.2, -0.15) is 0 Å². The lowest BCUT2D eigenvalue weighted by atomic mass is 10.1. The maximum absolute atomic E-state index is 6.02. The van der Waals surface area contributed by atoms with Gasteiger partial charge < -0.3 is 5.73 Å². The molecule has 0 aliphatic rings. The highest BCUT2D eigenvalue weighted by atomic mass is 79.9. The highest BCUT2D eigenvalue weighted by molar-refractivity contribution is 9.10. The predicted molar refractivity (Wildman–Crippen MR) is 85.0 cm³/mol. The lowest BCUT2D eigenvalue weighted by Gasteiger charge is -2.13. The van der Waals surface area contributed by atoms with Crippen molar-refractivity contribution in [2.24, 2.45) is 5.73 Å². The van der Waals surface area contributed by atoms with Crippen LogP contribution in [0.15, 0.2) is 61.2 Å². The molecule has 1 atom stereocenters. The SMILES string of the molecule is CC(N)c1cc(Br)ccc1Sc1ccc(Br)cc1.